The first-order chi connectivity index (χ1) is 11.5. The van der Waals surface area contributed by atoms with E-state index in [-0.39, 0.29) is 23.9 Å². The fourth-order valence-electron chi connectivity index (χ4n) is 2.56. The van der Waals surface area contributed by atoms with Gasteiger partial charge in [0.15, 0.2) is 5.65 Å². The summed E-state index contributed by atoms with van der Waals surface area (Å²) in [5, 5.41) is 5.68. The number of nitrogens with one attached hydrogen (secondary N) is 3. The molecule has 3 rings (SSSR count). The van der Waals surface area contributed by atoms with Crippen LogP contribution in [0.3, 0.4) is 0 Å². The third kappa shape index (κ3) is 3.08. The van der Waals surface area contributed by atoms with E-state index < -0.39 is 0 Å². The molecule has 0 radical (unpaired) electrons. The number of hydrogen-bond acceptors (Lipinski definition) is 5. The Morgan fingerprint density at radius 2 is 2.21 bits per heavy atom. The Labute approximate surface area is 139 Å². The molecule has 2 aromatic rings. The van der Waals surface area contributed by atoms with Gasteiger partial charge in [0, 0.05) is 25.3 Å². The summed E-state index contributed by atoms with van der Waals surface area (Å²) in [6, 6.07) is 0.117. The van der Waals surface area contributed by atoms with Crippen LogP contribution < -0.4 is 15.5 Å². The van der Waals surface area contributed by atoms with Gasteiger partial charge in [0.25, 0.3) is 5.91 Å². The van der Waals surface area contributed by atoms with Gasteiger partial charge in [-0.05, 0) is 19.9 Å². The van der Waals surface area contributed by atoms with E-state index in [1.807, 2.05) is 18.7 Å². The van der Waals surface area contributed by atoms with Crippen molar-refractivity contribution in [2.24, 2.45) is 0 Å². The van der Waals surface area contributed by atoms with Gasteiger partial charge in [-0.15, -0.1) is 0 Å². The van der Waals surface area contributed by atoms with Crippen LogP contribution >= 0.6 is 0 Å². The van der Waals surface area contributed by atoms with Crippen LogP contribution in [0.4, 0.5) is 5.82 Å². The molecule has 2 amide bonds. The number of carbonyl (C=O) groups excluding carboxylic acids is 2. The molecular formula is C16H20N6O2. The largest absolute Gasteiger partial charge is 0.351 e. The highest BCUT2D eigenvalue weighted by atomic mass is 16.2. The second-order valence-corrected chi connectivity index (χ2v) is 6.07. The minimum atomic E-state index is -0.181. The predicted octanol–water partition coefficient (Wildman–Crippen LogP) is 0.587. The Kier molecular flexibility index (Phi) is 4.20. The fraction of sp³-hybridized carbons (Fsp3) is 0.375. The molecule has 0 atom stereocenters. The lowest BCUT2D eigenvalue weighted by molar-refractivity contribution is -0.117. The van der Waals surface area contributed by atoms with Crippen LogP contribution in [0.1, 0.15) is 24.2 Å². The van der Waals surface area contributed by atoms with Crippen LogP contribution in [0.15, 0.2) is 25.0 Å². The van der Waals surface area contributed by atoms with Crippen LogP contribution in [-0.4, -0.2) is 51.9 Å². The molecule has 2 aromatic heterocycles. The van der Waals surface area contributed by atoms with Gasteiger partial charge in [-0.3, -0.25) is 9.59 Å². The quantitative estimate of drug-likeness (QED) is 0.697. The van der Waals surface area contributed by atoms with Gasteiger partial charge in [0.05, 0.1) is 17.8 Å². The van der Waals surface area contributed by atoms with Crippen molar-refractivity contribution in [3.05, 3.63) is 30.6 Å². The van der Waals surface area contributed by atoms with E-state index in [9.17, 15) is 9.59 Å². The molecule has 1 aliphatic heterocycles. The topological polar surface area (TPSA) is 103 Å². The molecule has 0 spiro atoms. The van der Waals surface area contributed by atoms with E-state index in [2.05, 4.69) is 32.2 Å². The van der Waals surface area contributed by atoms with E-state index in [1.54, 1.807) is 12.4 Å². The second-order valence-electron chi connectivity index (χ2n) is 6.07. The lowest BCUT2D eigenvalue weighted by Gasteiger charge is -2.40. The number of carbonyl (C=O) groups is 2. The van der Waals surface area contributed by atoms with E-state index in [0.29, 0.717) is 35.6 Å². The van der Waals surface area contributed by atoms with Crippen LogP contribution in [0.25, 0.3) is 11.2 Å². The monoisotopic (exact) mass is 328 g/mol. The summed E-state index contributed by atoms with van der Waals surface area (Å²) in [7, 11) is 0. The summed E-state index contributed by atoms with van der Waals surface area (Å²) >= 11 is 0. The summed E-state index contributed by atoms with van der Waals surface area (Å²) in [4.78, 5) is 37.4. The zero-order chi connectivity index (χ0) is 17.3. The van der Waals surface area contributed by atoms with Crippen LogP contribution in [0.2, 0.25) is 0 Å². The summed E-state index contributed by atoms with van der Waals surface area (Å²) in [6.07, 6.45) is 4.54. The van der Waals surface area contributed by atoms with Crippen LogP contribution in [0, 0.1) is 0 Å². The zero-order valence-electron chi connectivity index (χ0n) is 13.7. The summed E-state index contributed by atoms with van der Waals surface area (Å²) < 4.78 is 0. The molecule has 3 N–H and O–H groups in total. The molecule has 0 unspecified atom stereocenters. The normalized spacial score (nSPS) is 14.5. The van der Waals surface area contributed by atoms with Gasteiger partial charge in [-0.25, -0.2) is 9.97 Å². The average molecular weight is 328 g/mol. The number of aromatic amines is 1. The predicted molar refractivity (Wildman–Crippen MR) is 90.8 cm³/mol. The standard InChI is InChI=1S/C16H20N6O2/c1-4-13(23)20-10-7-22(8-10)12-6-18-15-14(21-12)11(5-17-15)16(24)19-9(2)3/h4-6,9-10H,1,7-8H2,2-3H3,(H,17,18)(H,19,24)(H,20,23). The molecule has 1 fully saturated rings. The second kappa shape index (κ2) is 6.31. The average Bonchev–Trinajstić information content (AvgIpc) is 2.92. The number of hydrogen-bond donors (Lipinski definition) is 3. The highest BCUT2D eigenvalue weighted by Crippen LogP contribution is 2.22. The molecule has 3 heterocycles. The Hall–Kier alpha value is -2.90. The molecule has 0 aliphatic carbocycles. The maximum Gasteiger partial charge on any atom is 0.255 e. The number of nitrogens with zero attached hydrogens (tertiary/aromatic N) is 3. The Morgan fingerprint density at radius 1 is 1.46 bits per heavy atom. The lowest BCUT2D eigenvalue weighted by Crippen LogP contribution is -2.59. The van der Waals surface area contributed by atoms with E-state index in [1.165, 1.54) is 6.08 Å². The number of rotatable bonds is 5. The SMILES string of the molecule is C=CC(=O)NC1CN(c2cnc3[nH]cc(C(=O)NC(C)C)c3n2)C1. The molecule has 126 valence electrons. The van der Waals surface area contributed by atoms with Crippen molar-refractivity contribution >= 4 is 28.8 Å². The lowest BCUT2D eigenvalue weighted by atomic mass is 10.1. The van der Waals surface area contributed by atoms with Gasteiger partial charge in [0.1, 0.15) is 11.3 Å². The molecule has 24 heavy (non-hydrogen) atoms. The molecule has 1 aliphatic rings. The van der Waals surface area contributed by atoms with Gasteiger partial charge >= 0.3 is 0 Å². The Morgan fingerprint density at radius 3 is 2.88 bits per heavy atom. The highest BCUT2D eigenvalue weighted by molar-refractivity contribution is 6.04. The highest BCUT2D eigenvalue weighted by Gasteiger charge is 2.29. The number of amides is 2. The van der Waals surface area contributed by atoms with Crippen LogP contribution in [0.5, 0.6) is 0 Å². The van der Waals surface area contributed by atoms with Crippen LogP contribution in [-0.2, 0) is 4.79 Å². The van der Waals surface area contributed by atoms with Gasteiger partial charge < -0.3 is 20.5 Å². The summed E-state index contributed by atoms with van der Waals surface area (Å²) in [5.74, 6) is 0.326. The third-order valence-corrected chi connectivity index (χ3v) is 3.77. The zero-order valence-corrected chi connectivity index (χ0v) is 13.7. The Bertz CT molecular complexity index is 791. The van der Waals surface area contributed by atoms with Gasteiger partial charge in [0.2, 0.25) is 5.91 Å². The molecule has 0 aromatic carbocycles. The number of fused-ring (bicyclic) bond motifs is 1. The van der Waals surface area contributed by atoms with Crippen molar-refractivity contribution in [1.29, 1.82) is 0 Å². The first-order valence-electron chi connectivity index (χ1n) is 7.80. The molecule has 8 nitrogen and oxygen atoms in total. The van der Waals surface area contributed by atoms with Crippen molar-refractivity contribution in [2.75, 3.05) is 18.0 Å². The Balaban J connectivity index is 1.76. The van der Waals surface area contributed by atoms with E-state index >= 15 is 0 Å². The first-order valence-corrected chi connectivity index (χ1v) is 7.80. The van der Waals surface area contributed by atoms with E-state index in [4.69, 9.17) is 0 Å². The van der Waals surface area contributed by atoms with Gasteiger partial charge in [-0.2, -0.15) is 0 Å². The first kappa shape index (κ1) is 16.0. The van der Waals surface area contributed by atoms with Gasteiger partial charge in [-0.1, -0.05) is 6.58 Å². The molecule has 0 bridgehead atoms. The molecule has 8 heteroatoms. The van der Waals surface area contributed by atoms with Crippen molar-refractivity contribution in [3.63, 3.8) is 0 Å². The number of anilines is 1. The third-order valence-electron chi connectivity index (χ3n) is 3.77. The maximum atomic E-state index is 12.2. The van der Waals surface area contributed by atoms with Crippen molar-refractivity contribution in [3.8, 4) is 0 Å². The van der Waals surface area contributed by atoms with Crippen molar-refractivity contribution in [1.82, 2.24) is 25.6 Å². The molecule has 1 saturated heterocycles. The smallest absolute Gasteiger partial charge is 0.255 e. The van der Waals surface area contributed by atoms with Crippen molar-refractivity contribution < 1.29 is 9.59 Å². The fourth-order valence-corrected chi connectivity index (χ4v) is 2.56. The summed E-state index contributed by atoms with van der Waals surface area (Å²) in [5.41, 5.74) is 1.60. The maximum absolute atomic E-state index is 12.2. The summed E-state index contributed by atoms with van der Waals surface area (Å²) in [6.45, 7) is 8.54. The minimum absolute atomic E-state index is 0.0446. The molecule has 0 saturated carbocycles. The van der Waals surface area contributed by atoms with Crippen molar-refractivity contribution in [2.45, 2.75) is 25.9 Å². The molecular weight excluding hydrogens is 308 g/mol. The van der Waals surface area contributed by atoms with E-state index in [0.717, 1.165) is 0 Å². The number of aromatic nitrogens is 3. The minimum Gasteiger partial charge on any atom is -0.351 e. The number of H-pyrrole nitrogens is 1.